The first-order valence-electron chi connectivity index (χ1n) is 28.9. The molecule has 69 heavy (non-hydrogen) atoms. The molecular weight excluding hydrogens is 871 g/mol. The van der Waals surface area contributed by atoms with Gasteiger partial charge in [0.05, 0.1) is 25.4 Å². The summed E-state index contributed by atoms with van der Waals surface area (Å²) in [5, 5.41) is 76.0. The number of allylic oxidation sites excluding steroid dienone is 6. The van der Waals surface area contributed by atoms with Crippen molar-refractivity contribution >= 4 is 5.91 Å². The van der Waals surface area contributed by atoms with Crippen LogP contribution in [-0.2, 0) is 14.3 Å². The fourth-order valence-corrected chi connectivity index (χ4v) is 9.18. The van der Waals surface area contributed by atoms with Crippen LogP contribution in [-0.4, -0.2) is 110 Å². The van der Waals surface area contributed by atoms with Crippen molar-refractivity contribution in [3.63, 3.8) is 0 Å². The number of hydrogen-bond donors (Lipinski definition) is 8. The van der Waals surface area contributed by atoms with Crippen LogP contribution >= 0.6 is 0 Å². The Morgan fingerprint density at radius 3 is 1.29 bits per heavy atom. The first kappa shape index (κ1) is 65.3. The standard InChI is InChI=1S/C58H109NO10/c1-3-5-7-9-11-13-15-17-19-21-22-23-24-25-26-27-28-29-30-32-34-36-38-40-42-44-46-51(62)57(67)59-49(48-68-58-56(66)55(65)54(64)52(47-60)69-58)53(63)50(61)45-43-41-39-37-35-33-31-20-18-16-14-12-10-8-6-4-2/h12,14,20,31,37,39,49-56,58,60-66H,3-11,13,15-19,21-30,32-36,38,40-48H2,1-2H3,(H,59,67)/b14-12+,31-20+,39-37+. The van der Waals surface area contributed by atoms with Crippen LogP contribution in [0.5, 0.6) is 0 Å². The van der Waals surface area contributed by atoms with Gasteiger partial charge in [-0.3, -0.25) is 4.79 Å². The van der Waals surface area contributed by atoms with Crippen molar-refractivity contribution < 1.29 is 50.0 Å². The van der Waals surface area contributed by atoms with Crippen LogP contribution in [0.25, 0.3) is 0 Å². The van der Waals surface area contributed by atoms with Gasteiger partial charge in [-0.05, 0) is 64.2 Å². The van der Waals surface area contributed by atoms with E-state index in [9.17, 15) is 40.5 Å². The summed E-state index contributed by atoms with van der Waals surface area (Å²) in [7, 11) is 0. The Morgan fingerprint density at radius 2 is 0.870 bits per heavy atom. The first-order valence-corrected chi connectivity index (χ1v) is 28.9. The molecule has 1 amide bonds. The van der Waals surface area contributed by atoms with Gasteiger partial charge in [-0.15, -0.1) is 0 Å². The lowest BCUT2D eigenvalue weighted by molar-refractivity contribution is -0.303. The number of carbonyl (C=O) groups excluding carboxylic acids is 1. The fraction of sp³-hybridized carbons (Fsp3) is 0.879. The predicted octanol–water partition coefficient (Wildman–Crippen LogP) is 11.9. The van der Waals surface area contributed by atoms with Gasteiger partial charge >= 0.3 is 0 Å². The highest BCUT2D eigenvalue weighted by atomic mass is 16.7. The molecule has 11 nitrogen and oxygen atoms in total. The molecule has 0 aromatic carbocycles. The Labute approximate surface area is 422 Å². The van der Waals surface area contributed by atoms with Crippen LogP contribution in [0.15, 0.2) is 36.5 Å². The number of aliphatic hydroxyl groups excluding tert-OH is 7. The second kappa shape index (κ2) is 47.3. The van der Waals surface area contributed by atoms with Crippen molar-refractivity contribution in [1.82, 2.24) is 5.32 Å². The largest absolute Gasteiger partial charge is 0.394 e. The zero-order chi connectivity index (χ0) is 50.4. The van der Waals surface area contributed by atoms with Crippen LogP contribution < -0.4 is 5.32 Å². The van der Waals surface area contributed by atoms with E-state index in [1.54, 1.807) is 0 Å². The first-order chi connectivity index (χ1) is 33.7. The van der Waals surface area contributed by atoms with Crippen LogP contribution in [0.3, 0.4) is 0 Å². The lowest BCUT2D eigenvalue weighted by atomic mass is 9.98. The Morgan fingerprint density at radius 1 is 0.493 bits per heavy atom. The number of ether oxygens (including phenoxy) is 2. The zero-order valence-electron chi connectivity index (χ0n) is 44.3. The minimum absolute atomic E-state index is 0.242. The zero-order valence-corrected chi connectivity index (χ0v) is 44.3. The molecule has 8 N–H and O–H groups in total. The molecule has 0 aromatic rings. The van der Waals surface area contributed by atoms with Crippen LogP contribution in [0.4, 0.5) is 0 Å². The molecule has 11 heteroatoms. The summed E-state index contributed by atoms with van der Waals surface area (Å²) in [5.74, 6) is -0.709. The van der Waals surface area contributed by atoms with Crippen molar-refractivity contribution in [1.29, 1.82) is 0 Å². The van der Waals surface area contributed by atoms with Gasteiger partial charge in [0.15, 0.2) is 6.29 Å². The van der Waals surface area contributed by atoms with Crippen molar-refractivity contribution in [2.24, 2.45) is 0 Å². The summed E-state index contributed by atoms with van der Waals surface area (Å²) >= 11 is 0. The summed E-state index contributed by atoms with van der Waals surface area (Å²) in [6, 6.07) is -1.19. The number of hydrogen-bond acceptors (Lipinski definition) is 10. The fourth-order valence-electron chi connectivity index (χ4n) is 9.18. The molecule has 1 aliphatic rings. The molecule has 0 bridgehead atoms. The maximum Gasteiger partial charge on any atom is 0.249 e. The van der Waals surface area contributed by atoms with Gasteiger partial charge in [-0.1, -0.05) is 230 Å². The lowest BCUT2D eigenvalue weighted by Gasteiger charge is -2.40. The number of carbonyl (C=O) groups is 1. The maximum absolute atomic E-state index is 13.2. The van der Waals surface area contributed by atoms with Crippen LogP contribution in [0.2, 0.25) is 0 Å². The summed E-state index contributed by atoms with van der Waals surface area (Å²) < 4.78 is 11.1. The highest BCUT2D eigenvalue weighted by Crippen LogP contribution is 2.23. The molecule has 0 saturated carbocycles. The van der Waals surface area contributed by atoms with E-state index >= 15 is 0 Å². The Kier molecular flexibility index (Phi) is 44.8. The number of nitrogens with one attached hydrogen (secondary N) is 1. The van der Waals surface area contributed by atoms with Crippen molar-refractivity contribution in [2.75, 3.05) is 13.2 Å². The summed E-state index contributed by atoms with van der Waals surface area (Å²) in [4.78, 5) is 13.2. The van der Waals surface area contributed by atoms with E-state index in [4.69, 9.17) is 9.47 Å². The smallest absolute Gasteiger partial charge is 0.249 e. The molecule has 0 aliphatic carbocycles. The molecule has 1 aliphatic heterocycles. The molecule has 406 valence electrons. The molecule has 0 spiro atoms. The summed E-state index contributed by atoms with van der Waals surface area (Å²) in [6.07, 6.45) is 46.3. The van der Waals surface area contributed by atoms with Crippen LogP contribution in [0.1, 0.15) is 258 Å². The molecular formula is C58H109NO10. The van der Waals surface area contributed by atoms with E-state index in [-0.39, 0.29) is 12.8 Å². The van der Waals surface area contributed by atoms with Crippen LogP contribution in [0, 0.1) is 0 Å². The van der Waals surface area contributed by atoms with Gasteiger partial charge in [-0.25, -0.2) is 0 Å². The normalized spacial score (nSPS) is 20.6. The van der Waals surface area contributed by atoms with Gasteiger partial charge in [-0.2, -0.15) is 0 Å². The van der Waals surface area contributed by atoms with E-state index < -0.39 is 74.2 Å². The number of amides is 1. The number of unbranched alkanes of at least 4 members (excludes halogenated alkanes) is 31. The molecule has 1 saturated heterocycles. The predicted molar refractivity (Wildman–Crippen MR) is 284 cm³/mol. The minimum Gasteiger partial charge on any atom is -0.394 e. The van der Waals surface area contributed by atoms with Gasteiger partial charge in [0.25, 0.3) is 0 Å². The third kappa shape index (κ3) is 36.0. The van der Waals surface area contributed by atoms with Gasteiger partial charge in [0.1, 0.15) is 36.6 Å². The van der Waals surface area contributed by atoms with E-state index in [2.05, 4.69) is 55.6 Å². The Bertz CT molecular complexity index is 1210. The van der Waals surface area contributed by atoms with E-state index in [1.165, 1.54) is 167 Å². The highest BCUT2D eigenvalue weighted by Gasteiger charge is 2.44. The number of rotatable bonds is 49. The third-order valence-electron chi connectivity index (χ3n) is 13.9. The topological polar surface area (TPSA) is 189 Å². The maximum atomic E-state index is 13.2. The number of aliphatic hydroxyl groups is 7. The molecule has 1 heterocycles. The minimum atomic E-state index is -1.67. The van der Waals surface area contributed by atoms with E-state index in [0.29, 0.717) is 19.3 Å². The lowest BCUT2D eigenvalue weighted by Crippen LogP contribution is -2.60. The van der Waals surface area contributed by atoms with Gasteiger partial charge in [0, 0.05) is 0 Å². The van der Waals surface area contributed by atoms with Gasteiger partial charge in [0.2, 0.25) is 5.91 Å². The van der Waals surface area contributed by atoms with E-state index in [1.807, 2.05) is 0 Å². The molecule has 1 rings (SSSR count). The Balaban J connectivity index is 2.30. The van der Waals surface area contributed by atoms with Crippen molar-refractivity contribution in [3.8, 4) is 0 Å². The second-order valence-corrected chi connectivity index (χ2v) is 20.3. The van der Waals surface area contributed by atoms with Gasteiger partial charge < -0.3 is 50.5 Å². The third-order valence-corrected chi connectivity index (χ3v) is 13.9. The molecule has 0 radical (unpaired) electrons. The average Bonchev–Trinajstić information content (AvgIpc) is 3.35. The summed E-state index contributed by atoms with van der Waals surface area (Å²) in [5.41, 5.74) is 0. The van der Waals surface area contributed by atoms with Crippen molar-refractivity contribution in [3.05, 3.63) is 36.5 Å². The SMILES string of the molecule is CCCCC/C=C/CC/C=C/CC/C=C/CCCC(O)C(O)C(COC1OC(CO)C(O)C(O)C1O)NC(=O)C(O)CCCCCCCCCCCCCCCCCCCCCCCCCCCC. The summed E-state index contributed by atoms with van der Waals surface area (Å²) in [6.45, 7) is 3.42. The molecule has 1 fully saturated rings. The molecule has 0 aromatic heterocycles. The highest BCUT2D eigenvalue weighted by molar-refractivity contribution is 5.80. The average molecular weight is 981 g/mol. The van der Waals surface area contributed by atoms with E-state index in [0.717, 1.165) is 44.9 Å². The monoisotopic (exact) mass is 980 g/mol. The molecule has 9 atom stereocenters. The van der Waals surface area contributed by atoms with Crippen molar-refractivity contribution in [2.45, 2.75) is 313 Å². The Hall–Kier alpha value is -1.67. The molecule has 9 unspecified atom stereocenters. The quantitative estimate of drug-likeness (QED) is 0.0215. The second-order valence-electron chi connectivity index (χ2n) is 20.3.